The van der Waals surface area contributed by atoms with E-state index in [9.17, 15) is 4.79 Å². The van der Waals surface area contributed by atoms with Gasteiger partial charge in [-0.25, -0.2) is 0 Å². The largest absolute Gasteiger partial charge is 0.480 e. The van der Waals surface area contributed by atoms with Crippen LogP contribution in [0.2, 0.25) is 5.02 Å². The fourth-order valence-electron chi connectivity index (χ4n) is 1.69. The van der Waals surface area contributed by atoms with E-state index in [1.807, 2.05) is 19.1 Å². The highest BCUT2D eigenvalue weighted by atomic mass is 35.5. The van der Waals surface area contributed by atoms with Crippen LogP contribution in [0.25, 0.3) is 0 Å². The minimum absolute atomic E-state index is 0.0306. The van der Waals surface area contributed by atoms with Gasteiger partial charge in [-0.1, -0.05) is 23.7 Å². The number of nitrogens with two attached hydrogens (primary N) is 1. The number of aliphatic carboxylic acids is 1. The summed E-state index contributed by atoms with van der Waals surface area (Å²) in [6, 6.07) is 6.65. The van der Waals surface area contributed by atoms with Crippen LogP contribution in [-0.2, 0) is 4.79 Å². The quantitative estimate of drug-likeness (QED) is 0.842. The molecule has 0 aliphatic carbocycles. The van der Waals surface area contributed by atoms with Crippen LogP contribution in [0.15, 0.2) is 24.3 Å². The van der Waals surface area contributed by atoms with E-state index >= 15 is 0 Å². The Balaban J connectivity index is 2.84. The second-order valence-corrected chi connectivity index (χ2v) is 4.42. The van der Waals surface area contributed by atoms with E-state index in [-0.39, 0.29) is 12.6 Å². The summed E-state index contributed by atoms with van der Waals surface area (Å²) in [4.78, 5) is 12.8. The zero-order valence-electron chi connectivity index (χ0n) is 9.93. The van der Waals surface area contributed by atoms with E-state index in [1.165, 1.54) is 0 Å². The van der Waals surface area contributed by atoms with Crippen LogP contribution >= 0.6 is 11.6 Å². The van der Waals surface area contributed by atoms with Crippen LogP contribution in [0.5, 0.6) is 0 Å². The summed E-state index contributed by atoms with van der Waals surface area (Å²) >= 11 is 5.81. The standard InChI is InChI=1S/C12H17ClN2O2/c1-8(9-3-5-10(13)6-4-9)15(2)11(7-14)12(16)17/h3-6,8,11H,7,14H2,1-2H3,(H,16,17). The maximum atomic E-state index is 11.0. The van der Waals surface area contributed by atoms with Crippen molar-refractivity contribution in [3.8, 4) is 0 Å². The lowest BCUT2D eigenvalue weighted by molar-refractivity contribution is -0.143. The van der Waals surface area contributed by atoms with Crippen molar-refractivity contribution in [3.63, 3.8) is 0 Å². The fourth-order valence-corrected chi connectivity index (χ4v) is 1.81. The van der Waals surface area contributed by atoms with Gasteiger partial charge < -0.3 is 10.8 Å². The Bertz CT molecular complexity index is 381. The molecule has 17 heavy (non-hydrogen) atoms. The van der Waals surface area contributed by atoms with Crippen molar-refractivity contribution in [1.29, 1.82) is 0 Å². The molecule has 0 bridgehead atoms. The van der Waals surface area contributed by atoms with E-state index in [0.717, 1.165) is 5.56 Å². The number of hydrogen-bond donors (Lipinski definition) is 2. The maximum absolute atomic E-state index is 11.0. The number of carbonyl (C=O) groups is 1. The number of likely N-dealkylation sites (N-methyl/N-ethyl adjacent to an activating group) is 1. The lowest BCUT2D eigenvalue weighted by Crippen LogP contribution is -2.45. The molecule has 0 amide bonds. The average Bonchev–Trinajstić information content (AvgIpc) is 2.29. The molecule has 0 spiro atoms. The zero-order valence-corrected chi connectivity index (χ0v) is 10.7. The summed E-state index contributed by atoms with van der Waals surface area (Å²) < 4.78 is 0. The molecule has 1 aromatic carbocycles. The van der Waals surface area contributed by atoms with Crippen molar-refractivity contribution < 1.29 is 9.90 Å². The van der Waals surface area contributed by atoms with Crippen molar-refractivity contribution in [2.45, 2.75) is 19.0 Å². The third kappa shape index (κ3) is 3.43. The molecule has 0 aromatic heterocycles. The number of benzene rings is 1. The molecule has 2 atom stereocenters. The van der Waals surface area contributed by atoms with E-state index in [1.54, 1.807) is 24.1 Å². The SMILES string of the molecule is CC(c1ccc(Cl)cc1)N(C)C(CN)C(=O)O. The predicted octanol–water partition coefficient (Wildman–Crippen LogP) is 1.74. The van der Waals surface area contributed by atoms with Gasteiger partial charge in [0.05, 0.1) is 0 Å². The van der Waals surface area contributed by atoms with Gasteiger partial charge in [0, 0.05) is 17.6 Å². The van der Waals surface area contributed by atoms with Crippen LogP contribution < -0.4 is 5.73 Å². The average molecular weight is 257 g/mol. The molecule has 0 saturated carbocycles. The topological polar surface area (TPSA) is 66.6 Å². The normalized spacial score (nSPS) is 14.6. The summed E-state index contributed by atoms with van der Waals surface area (Å²) in [5.74, 6) is -0.907. The van der Waals surface area contributed by atoms with Crippen molar-refractivity contribution in [2.75, 3.05) is 13.6 Å². The number of halogens is 1. The van der Waals surface area contributed by atoms with Gasteiger partial charge in [0.2, 0.25) is 0 Å². The molecule has 0 radical (unpaired) electrons. The minimum atomic E-state index is -0.907. The van der Waals surface area contributed by atoms with E-state index in [4.69, 9.17) is 22.4 Å². The molecule has 0 fully saturated rings. The minimum Gasteiger partial charge on any atom is -0.480 e. The molecule has 4 nitrogen and oxygen atoms in total. The number of carboxylic acid groups (broad SMARTS) is 1. The van der Waals surface area contributed by atoms with Gasteiger partial charge in [0.1, 0.15) is 6.04 Å². The van der Waals surface area contributed by atoms with Crippen LogP contribution in [0, 0.1) is 0 Å². The Hall–Kier alpha value is -1.10. The molecule has 0 saturated heterocycles. The summed E-state index contributed by atoms with van der Waals surface area (Å²) in [5, 5.41) is 9.70. The number of rotatable bonds is 5. The molecule has 1 rings (SSSR count). The highest BCUT2D eigenvalue weighted by molar-refractivity contribution is 6.30. The molecule has 1 aromatic rings. The van der Waals surface area contributed by atoms with Gasteiger partial charge in [0.15, 0.2) is 0 Å². The van der Waals surface area contributed by atoms with Crippen molar-refractivity contribution in [1.82, 2.24) is 4.90 Å². The lowest BCUT2D eigenvalue weighted by atomic mass is 10.1. The fraction of sp³-hybridized carbons (Fsp3) is 0.417. The first-order valence-corrected chi connectivity index (χ1v) is 5.75. The Labute approximate surface area is 106 Å². The van der Waals surface area contributed by atoms with Gasteiger partial charge >= 0.3 is 5.97 Å². The monoisotopic (exact) mass is 256 g/mol. The van der Waals surface area contributed by atoms with Crippen molar-refractivity contribution in [2.24, 2.45) is 5.73 Å². The molecular weight excluding hydrogens is 240 g/mol. The molecule has 5 heteroatoms. The Morgan fingerprint density at radius 1 is 1.47 bits per heavy atom. The van der Waals surface area contributed by atoms with Crippen LogP contribution in [0.4, 0.5) is 0 Å². The first-order valence-electron chi connectivity index (χ1n) is 5.37. The molecular formula is C12H17ClN2O2. The third-order valence-electron chi connectivity index (χ3n) is 2.96. The first kappa shape index (κ1) is 14.0. The Morgan fingerprint density at radius 2 is 2.00 bits per heavy atom. The van der Waals surface area contributed by atoms with Gasteiger partial charge in [-0.05, 0) is 31.7 Å². The van der Waals surface area contributed by atoms with E-state index < -0.39 is 12.0 Å². The Morgan fingerprint density at radius 3 is 2.41 bits per heavy atom. The number of nitrogens with zero attached hydrogens (tertiary/aromatic N) is 1. The van der Waals surface area contributed by atoms with E-state index in [0.29, 0.717) is 5.02 Å². The highest BCUT2D eigenvalue weighted by Gasteiger charge is 2.25. The van der Waals surface area contributed by atoms with Crippen molar-refractivity contribution >= 4 is 17.6 Å². The van der Waals surface area contributed by atoms with Gasteiger partial charge in [-0.3, -0.25) is 9.69 Å². The third-order valence-corrected chi connectivity index (χ3v) is 3.22. The van der Waals surface area contributed by atoms with Crippen LogP contribution in [0.1, 0.15) is 18.5 Å². The van der Waals surface area contributed by atoms with Gasteiger partial charge in [-0.2, -0.15) is 0 Å². The molecule has 0 heterocycles. The highest BCUT2D eigenvalue weighted by Crippen LogP contribution is 2.22. The maximum Gasteiger partial charge on any atom is 0.322 e. The zero-order chi connectivity index (χ0) is 13.0. The lowest BCUT2D eigenvalue weighted by Gasteiger charge is -2.30. The number of hydrogen-bond acceptors (Lipinski definition) is 3. The predicted molar refractivity (Wildman–Crippen MR) is 68.1 cm³/mol. The molecule has 3 N–H and O–H groups in total. The smallest absolute Gasteiger partial charge is 0.322 e. The van der Waals surface area contributed by atoms with E-state index in [2.05, 4.69) is 0 Å². The second-order valence-electron chi connectivity index (χ2n) is 3.98. The summed E-state index contributed by atoms with van der Waals surface area (Å²) in [6.07, 6.45) is 0. The molecule has 0 aliphatic heterocycles. The Kier molecular flexibility index (Phi) is 4.93. The summed E-state index contributed by atoms with van der Waals surface area (Å²) in [5.41, 5.74) is 6.48. The first-order chi connectivity index (χ1) is 7.97. The van der Waals surface area contributed by atoms with Crippen molar-refractivity contribution in [3.05, 3.63) is 34.9 Å². The van der Waals surface area contributed by atoms with Crippen LogP contribution in [-0.4, -0.2) is 35.6 Å². The summed E-state index contributed by atoms with van der Waals surface area (Å²) in [6.45, 7) is 2.03. The molecule has 2 unspecified atom stereocenters. The van der Waals surface area contributed by atoms with Gasteiger partial charge in [-0.15, -0.1) is 0 Å². The molecule has 0 aliphatic rings. The molecule has 94 valence electrons. The number of carboxylic acids is 1. The van der Waals surface area contributed by atoms with Gasteiger partial charge in [0.25, 0.3) is 0 Å². The summed E-state index contributed by atoms with van der Waals surface area (Å²) in [7, 11) is 1.75. The van der Waals surface area contributed by atoms with Crippen LogP contribution in [0.3, 0.4) is 0 Å². The second kappa shape index (κ2) is 6.00.